The van der Waals surface area contributed by atoms with Gasteiger partial charge in [-0.05, 0) is 0 Å². The lowest BCUT2D eigenvalue weighted by Gasteiger charge is -2.50. The summed E-state index contributed by atoms with van der Waals surface area (Å²) in [6.45, 7) is -0.235. The zero-order valence-corrected chi connectivity index (χ0v) is 29.4. The maximum atomic E-state index is 12.4. The number of carbonyl (C=O) groups excluding carboxylic acids is 3. The third-order valence-electron chi connectivity index (χ3n) is 9.41. The number of nitrogens with one attached hydrogen (secondary N) is 3. The average Bonchev–Trinajstić information content (AvgIpc) is 3.11. The van der Waals surface area contributed by atoms with Gasteiger partial charge < -0.3 is 105 Å². The third kappa shape index (κ3) is 9.79. The predicted molar refractivity (Wildman–Crippen MR) is 169 cm³/mol. The molecule has 24 heteroatoms. The van der Waals surface area contributed by atoms with E-state index in [1.165, 1.54) is 0 Å². The first kappa shape index (κ1) is 44.4. The second kappa shape index (κ2) is 19.2. The third-order valence-corrected chi connectivity index (χ3v) is 9.41. The van der Waals surface area contributed by atoms with Gasteiger partial charge in [-0.2, -0.15) is 0 Å². The Morgan fingerprint density at radius 1 is 0.444 bits per heavy atom. The summed E-state index contributed by atoms with van der Waals surface area (Å²) in [6, 6.07) is -4.66. The molecule has 4 aliphatic heterocycles. The van der Waals surface area contributed by atoms with E-state index in [0.717, 1.165) is 20.8 Å². The molecule has 0 bridgehead atoms. The highest BCUT2D eigenvalue weighted by molar-refractivity contribution is 5.74. The van der Waals surface area contributed by atoms with E-state index in [1.807, 2.05) is 0 Å². The summed E-state index contributed by atoms with van der Waals surface area (Å²) in [4.78, 5) is 36.5. The quantitative estimate of drug-likeness (QED) is 0.0823. The van der Waals surface area contributed by atoms with Gasteiger partial charge in [-0.15, -0.1) is 0 Å². The monoisotopic (exact) mass is 789 g/mol. The van der Waals surface area contributed by atoms with Crippen molar-refractivity contribution >= 4 is 17.7 Å². The van der Waals surface area contributed by atoms with Crippen molar-refractivity contribution in [2.75, 3.05) is 26.4 Å². The van der Waals surface area contributed by atoms with Crippen LogP contribution in [0.3, 0.4) is 0 Å². The van der Waals surface area contributed by atoms with E-state index in [0.29, 0.717) is 0 Å². The molecule has 3 amide bonds. The number of ether oxygens (including phenoxy) is 7. The number of rotatable bonds is 13. The van der Waals surface area contributed by atoms with Gasteiger partial charge in [0.2, 0.25) is 17.7 Å². The normalized spacial score (nSPS) is 45.7. The van der Waals surface area contributed by atoms with Crippen LogP contribution < -0.4 is 16.0 Å². The molecule has 0 radical (unpaired) electrons. The van der Waals surface area contributed by atoms with Gasteiger partial charge in [0.1, 0.15) is 97.5 Å². The lowest BCUT2D eigenvalue weighted by atomic mass is 9.93. The Hall–Kier alpha value is -2.31. The number of hydrogen-bond acceptors (Lipinski definition) is 21. The molecule has 0 spiro atoms. The Kier molecular flexibility index (Phi) is 15.8. The second-order valence-corrected chi connectivity index (χ2v) is 13.3. The summed E-state index contributed by atoms with van der Waals surface area (Å²) < 4.78 is 40.1. The summed E-state index contributed by atoms with van der Waals surface area (Å²) in [5.41, 5.74) is 0. The lowest BCUT2D eigenvalue weighted by Crippen LogP contribution is -2.71. The predicted octanol–water partition coefficient (Wildman–Crippen LogP) is -9.32. The van der Waals surface area contributed by atoms with Crippen molar-refractivity contribution in [1.82, 2.24) is 16.0 Å². The molecular formula is C30H51N3O21. The summed E-state index contributed by atoms with van der Waals surface area (Å²) >= 11 is 0. The number of aliphatic hydroxyl groups excluding tert-OH is 11. The molecule has 0 aromatic carbocycles. The summed E-state index contributed by atoms with van der Waals surface area (Å²) in [5.74, 6) is -2.17. The fourth-order valence-electron chi connectivity index (χ4n) is 6.76. The van der Waals surface area contributed by atoms with Crippen LogP contribution in [0.5, 0.6) is 0 Å². The van der Waals surface area contributed by atoms with Crippen molar-refractivity contribution in [2.24, 2.45) is 0 Å². The van der Waals surface area contributed by atoms with E-state index in [-0.39, 0.29) is 0 Å². The van der Waals surface area contributed by atoms with Crippen LogP contribution in [0.25, 0.3) is 0 Å². The van der Waals surface area contributed by atoms with Gasteiger partial charge in [-0.25, -0.2) is 0 Å². The van der Waals surface area contributed by atoms with Crippen LogP contribution in [0.15, 0.2) is 0 Å². The molecule has 312 valence electrons. The fraction of sp³-hybridized carbons (Fsp3) is 0.900. The van der Waals surface area contributed by atoms with E-state index in [2.05, 4.69) is 16.0 Å². The summed E-state index contributed by atoms with van der Waals surface area (Å²) in [5, 5.41) is 122. The second-order valence-electron chi connectivity index (χ2n) is 13.3. The maximum absolute atomic E-state index is 12.4. The van der Waals surface area contributed by atoms with Gasteiger partial charge in [0, 0.05) is 20.8 Å². The number of hydrogen-bond donors (Lipinski definition) is 14. The number of aliphatic hydroxyl groups is 11. The minimum absolute atomic E-state index is 0.664. The van der Waals surface area contributed by atoms with E-state index >= 15 is 0 Å². The first-order valence-electron chi connectivity index (χ1n) is 17.1. The minimum atomic E-state index is -1.96. The van der Waals surface area contributed by atoms with Crippen LogP contribution in [-0.4, -0.2) is 223 Å². The Balaban J connectivity index is 1.63. The lowest BCUT2D eigenvalue weighted by molar-refractivity contribution is -0.366. The Morgan fingerprint density at radius 2 is 0.833 bits per heavy atom. The average molecular weight is 790 g/mol. The van der Waals surface area contributed by atoms with E-state index < -0.39 is 167 Å². The van der Waals surface area contributed by atoms with Crippen LogP contribution in [0.2, 0.25) is 0 Å². The van der Waals surface area contributed by atoms with Gasteiger partial charge in [0.15, 0.2) is 25.2 Å². The number of carbonyl (C=O) groups is 3. The van der Waals surface area contributed by atoms with E-state index in [1.54, 1.807) is 0 Å². The van der Waals surface area contributed by atoms with Crippen LogP contribution >= 0.6 is 0 Å². The number of amides is 3. The first-order valence-corrected chi connectivity index (χ1v) is 17.1. The Bertz CT molecular complexity index is 1250. The van der Waals surface area contributed by atoms with Crippen LogP contribution in [-0.2, 0) is 47.5 Å². The highest BCUT2D eigenvalue weighted by atomic mass is 16.8. The van der Waals surface area contributed by atoms with Gasteiger partial charge in [-0.1, -0.05) is 0 Å². The molecule has 4 aliphatic rings. The highest BCUT2D eigenvalue weighted by Crippen LogP contribution is 2.34. The molecule has 24 nitrogen and oxygen atoms in total. The zero-order chi connectivity index (χ0) is 40.2. The molecule has 4 heterocycles. The standard InChI is InChI=1S/C30H51N3O21/c1-8(38)31-15-20(43)24(13(6-36)48-27(15)47)52-28-16(32-9(2)39)21(44)25(14(7-37)51-28)53-29-17(33-10(3)40)26(19(42)12(5-35)49-29)54-30-23(46)22(45)18(41)11(4-34)50-30/h11-30,34-37,41-47H,4-7H2,1-3H3,(H,31,38)(H,32,39)(H,33,40). The molecular weight excluding hydrogens is 738 g/mol. The topological polar surface area (TPSA) is 374 Å². The minimum Gasteiger partial charge on any atom is -0.394 e. The van der Waals surface area contributed by atoms with Crippen molar-refractivity contribution in [3.8, 4) is 0 Å². The molecule has 0 saturated carbocycles. The highest BCUT2D eigenvalue weighted by Gasteiger charge is 2.56. The van der Waals surface area contributed by atoms with Gasteiger partial charge in [0.05, 0.1) is 26.4 Å². The summed E-state index contributed by atoms with van der Waals surface area (Å²) in [7, 11) is 0. The molecule has 0 aromatic heterocycles. The maximum Gasteiger partial charge on any atom is 0.217 e. The molecule has 4 rings (SSSR count). The van der Waals surface area contributed by atoms with Crippen molar-refractivity contribution in [3.63, 3.8) is 0 Å². The Morgan fingerprint density at radius 3 is 1.35 bits per heavy atom. The van der Waals surface area contributed by atoms with Crippen LogP contribution in [0, 0.1) is 0 Å². The van der Waals surface area contributed by atoms with Crippen molar-refractivity contribution in [2.45, 2.75) is 143 Å². The zero-order valence-electron chi connectivity index (χ0n) is 29.4. The summed E-state index contributed by atoms with van der Waals surface area (Å²) in [6.07, 6.45) is -29.3. The Labute approximate surface area is 307 Å². The van der Waals surface area contributed by atoms with Crippen LogP contribution in [0.4, 0.5) is 0 Å². The van der Waals surface area contributed by atoms with Gasteiger partial charge >= 0.3 is 0 Å². The van der Waals surface area contributed by atoms with E-state index in [9.17, 15) is 70.6 Å². The molecule has 20 atom stereocenters. The van der Waals surface area contributed by atoms with E-state index in [4.69, 9.17) is 33.2 Å². The molecule has 20 unspecified atom stereocenters. The van der Waals surface area contributed by atoms with Gasteiger partial charge in [-0.3, -0.25) is 14.4 Å². The molecule has 14 N–H and O–H groups in total. The molecule has 0 aromatic rings. The fourth-order valence-corrected chi connectivity index (χ4v) is 6.76. The molecule has 54 heavy (non-hydrogen) atoms. The van der Waals surface area contributed by atoms with Crippen molar-refractivity contribution < 1.29 is 104 Å². The molecule has 0 aliphatic carbocycles. The first-order chi connectivity index (χ1) is 25.5. The largest absolute Gasteiger partial charge is 0.394 e. The SMILES string of the molecule is CC(=O)NC1C(O)OC(CO)C(OC2OC(CO)C(OC3OC(CO)C(O)C(OC4OC(CO)C(O)C(O)C4O)C3NC(C)=O)C(O)C2NC(C)=O)C1O. The smallest absolute Gasteiger partial charge is 0.217 e. The molecule has 4 fully saturated rings. The molecule has 4 saturated heterocycles. The van der Waals surface area contributed by atoms with Crippen molar-refractivity contribution in [1.29, 1.82) is 0 Å². The van der Waals surface area contributed by atoms with Crippen LogP contribution in [0.1, 0.15) is 20.8 Å². The van der Waals surface area contributed by atoms with Crippen molar-refractivity contribution in [3.05, 3.63) is 0 Å². The van der Waals surface area contributed by atoms with Gasteiger partial charge in [0.25, 0.3) is 0 Å².